The minimum Gasteiger partial charge on any atom is -0.330 e. The molecule has 1 aromatic heterocycles. The number of aromatic nitrogens is 1. The van der Waals surface area contributed by atoms with Gasteiger partial charge in [-0.1, -0.05) is 54.6 Å². The van der Waals surface area contributed by atoms with Gasteiger partial charge in [0.2, 0.25) is 5.91 Å². The number of rotatable bonds is 6. The summed E-state index contributed by atoms with van der Waals surface area (Å²) >= 11 is 1.43. The Bertz CT molecular complexity index is 797. The Balaban J connectivity index is 1.70. The molecule has 3 rings (SSSR count). The fourth-order valence-corrected chi connectivity index (χ4v) is 3.11. The Hall–Kier alpha value is -2.50. The van der Waals surface area contributed by atoms with E-state index < -0.39 is 0 Å². The van der Waals surface area contributed by atoms with Gasteiger partial charge >= 0.3 is 0 Å². The maximum Gasteiger partial charge on any atom is 0.226 e. The molecule has 0 fully saturated rings. The van der Waals surface area contributed by atoms with E-state index in [1.807, 2.05) is 23.6 Å². The van der Waals surface area contributed by atoms with Gasteiger partial charge in [-0.2, -0.15) is 0 Å². The highest BCUT2D eigenvalue weighted by atomic mass is 32.1. The molecule has 122 valence electrons. The van der Waals surface area contributed by atoms with Crippen LogP contribution in [-0.2, 0) is 4.79 Å². The molecule has 0 unspecified atom stereocenters. The van der Waals surface area contributed by atoms with E-state index in [-0.39, 0.29) is 5.91 Å². The van der Waals surface area contributed by atoms with Crippen LogP contribution in [0.5, 0.6) is 0 Å². The summed E-state index contributed by atoms with van der Waals surface area (Å²) in [7, 11) is 0. The number of carbonyl (C=O) groups is 1. The van der Waals surface area contributed by atoms with Crippen molar-refractivity contribution in [3.8, 4) is 22.4 Å². The Kier molecular flexibility index (Phi) is 5.36. The van der Waals surface area contributed by atoms with Crippen LogP contribution in [0, 0.1) is 0 Å². The van der Waals surface area contributed by atoms with Gasteiger partial charge in [-0.3, -0.25) is 4.79 Å². The van der Waals surface area contributed by atoms with Crippen molar-refractivity contribution >= 4 is 22.4 Å². The van der Waals surface area contributed by atoms with Gasteiger partial charge in [-0.05, 0) is 24.1 Å². The van der Waals surface area contributed by atoms with Crippen LogP contribution in [-0.4, -0.2) is 17.4 Å². The second-order valence-electron chi connectivity index (χ2n) is 5.42. The van der Waals surface area contributed by atoms with E-state index in [0.717, 1.165) is 11.3 Å². The van der Waals surface area contributed by atoms with Crippen LogP contribution in [0.1, 0.15) is 12.8 Å². The summed E-state index contributed by atoms with van der Waals surface area (Å²) in [5.41, 5.74) is 9.68. The standard InChI is InChI=1S/C19H19N3OS/c20-12-4-7-18(23)22-19-21-17(13-24-19)16-10-8-15(9-11-16)14-5-2-1-3-6-14/h1-3,5-6,8-11,13H,4,7,12,20H2,(H,21,22,23). The van der Waals surface area contributed by atoms with E-state index in [9.17, 15) is 4.79 Å². The van der Waals surface area contributed by atoms with Crippen LogP contribution < -0.4 is 11.1 Å². The second-order valence-corrected chi connectivity index (χ2v) is 6.28. The number of anilines is 1. The average Bonchev–Trinajstić information content (AvgIpc) is 3.09. The molecular formula is C19H19N3OS. The smallest absolute Gasteiger partial charge is 0.226 e. The lowest BCUT2D eigenvalue weighted by molar-refractivity contribution is -0.116. The van der Waals surface area contributed by atoms with Crippen LogP contribution in [0.15, 0.2) is 60.0 Å². The van der Waals surface area contributed by atoms with Gasteiger partial charge < -0.3 is 11.1 Å². The quantitative estimate of drug-likeness (QED) is 0.710. The highest BCUT2D eigenvalue weighted by Gasteiger charge is 2.08. The third kappa shape index (κ3) is 4.07. The van der Waals surface area contributed by atoms with Crippen molar-refractivity contribution in [1.82, 2.24) is 4.98 Å². The van der Waals surface area contributed by atoms with E-state index >= 15 is 0 Å². The van der Waals surface area contributed by atoms with Crippen molar-refractivity contribution in [3.63, 3.8) is 0 Å². The summed E-state index contributed by atoms with van der Waals surface area (Å²) in [5.74, 6) is -0.0409. The number of nitrogens with two attached hydrogens (primary N) is 1. The number of nitrogens with one attached hydrogen (secondary N) is 1. The number of thiazole rings is 1. The summed E-state index contributed by atoms with van der Waals surface area (Å²) in [6.07, 6.45) is 1.11. The van der Waals surface area contributed by atoms with Crippen molar-refractivity contribution in [2.45, 2.75) is 12.8 Å². The lowest BCUT2D eigenvalue weighted by Crippen LogP contribution is -2.13. The summed E-state index contributed by atoms with van der Waals surface area (Å²) in [5, 5.41) is 5.40. The maximum atomic E-state index is 11.7. The third-order valence-electron chi connectivity index (χ3n) is 3.65. The molecular weight excluding hydrogens is 318 g/mol. The third-order valence-corrected chi connectivity index (χ3v) is 4.40. The summed E-state index contributed by atoms with van der Waals surface area (Å²) in [4.78, 5) is 16.2. The fraction of sp³-hybridized carbons (Fsp3) is 0.158. The van der Waals surface area contributed by atoms with Crippen LogP contribution in [0.25, 0.3) is 22.4 Å². The maximum absolute atomic E-state index is 11.7. The molecule has 0 radical (unpaired) electrons. The van der Waals surface area contributed by atoms with Gasteiger partial charge in [0.25, 0.3) is 0 Å². The lowest BCUT2D eigenvalue weighted by atomic mass is 10.0. The van der Waals surface area contributed by atoms with Crippen molar-refractivity contribution < 1.29 is 4.79 Å². The molecule has 0 aliphatic heterocycles. The SMILES string of the molecule is NCCCC(=O)Nc1nc(-c2ccc(-c3ccccc3)cc2)cs1. The molecule has 0 spiro atoms. The van der Waals surface area contributed by atoms with Crippen molar-refractivity contribution in [2.24, 2.45) is 5.73 Å². The van der Waals surface area contributed by atoms with Crippen molar-refractivity contribution in [1.29, 1.82) is 0 Å². The van der Waals surface area contributed by atoms with Crippen molar-refractivity contribution in [3.05, 3.63) is 60.0 Å². The van der Waals surface area contributed by atoms with E-state index in [1.165, 1.54) is 22.5 Å². The summed E-state index contributed by atoms with van der Waals surface area (Å²) < 4.78 is 0. The van der Waals surface area contributed by atoms with E-state index in [1.54, 1.807) is 0 Å². The number of amides is 1. The molecule has 5 heteroatoms. The normalized spacial score (nSPS) is 10.5. The minimum absolute atomic E-state index is 0.0409. The Morgan fingerprint density at radius 3 is 2.38 bits per heavy atom. The molecule has 0 saturated heterocycles. The lowest BCUT2D eigenvalue weighted by Gasteiger charge is -2.03. The first-order valence-corrected chi connectivity index (χ1v) is 8.75. The Morgan fingerprint density at radius 1 is 1.00 bits per heavy atom. The second kappa shape index (κ2) is 7.86. The van der Waals surface area contributed by atoms with Crippen LogP contribution in [0.3, 0.4) is 0 Å². The van der Waals surface area contributed by atoms with Gasteiger partial charge in [0.15, 0.2) is 5.13 Å². The van der Waals surface area contributed by atoms with E-state index in [4.69, 9.17) is 5.73 Å². The monoisotopic (exact) mass is 337 g/mol. The number of nitrogens with zero attached hydrogens (tertiary/aromatic N) is 1. The molecule has 3 N–H and O–H groups in total. The first-order chi connectivity index (χ1) is 11.8. The van der Waals surface area contributed by atoms with Gasteiger partial charge in [-0.25, -0.2) is 4.98 Å². The number of benzene rings is 2. The van der Waals surface area contributed by atoms with Gasteiger partial charge in [0.1, 0.15) is 0 Å². The van der Waals surface area contributed by atoms with Gasteiger partial charge in [0, 0.05) is 17.4 Å². The topological polar surface area (TPSA) is 68.0 Å². The molecule has 24 heavy (non-hydrogen) atoms. The largest absolute Gasteiger partial charge is 0.330 e. The predicted octanol–water partition coefficient (Wildman–Crippen LogP) is 4.15. The number of hydrogen-bond donors (Lipinski definition) is 2. The highest BCUT2D eigenvalue weighted by molar-refractivity contribution is 7.14. The fourth-order valence-electron chi connectivity index (χ4n) is 2.37. The van der Waals surface area contributed by atoms with Crippen LogP contribution in [0.4, 0.5) is 5.13 Å². The Labute approximate surface area is 145 Å². The molecule has 3 aromatic rings. The zero-order valence-corrected chi connectivity index (χ0v) is 14.1. The summed E-state index contributed by atoms with van der Waals surface area (Å²) in [6, 6.07) is 18.5. The number of carbonyl (C=O) groups excluding carboxylic acids is 1. The predicted molar refractivity (Wildman–Crippen MR) is 99.9 cm³/mol. The Morgan fingerprint density at radius 2 is 1.67 bits per heavy atom. The minimum atomic E-state index is -0.0409. The first-order valence-electron chi connectivity index (χ1n) is 7.87. The molecule has 0 bridgehead atoms. The molecule has 1 heterocycles. The molecule has 4 nitrogen and oxygen atoms in total. The van der Waals surface area contributed by atoms with Crippen LogP contribution in [0.2, 0.25) is 0 Å². The first kappa shape index (κ1) is 16.4. The molecule has 0 aliphatic rings. The van der Waals surface area contributed by atoms with E-state index in [0.29, 0.717) is 24.5 Å². The molecule has 1 amide bonds. The molecule has 0 saturated carbocycles. The number of hydrogen-bond acceptors (Lipinski definition) is 4. The molecule has 0 atom stereocenters. The average molecular weight is 337 g/mol. The molecule has 2 aromatic carbocycles. The molecule has 0 aliphatic carbocycles. The van der Waals surface area contributed by atoms with Crippen molar-refractivity contribution in [2.75, 3.05) is 11.9 Å². The van der Waals surface area contributed by atoms with Gasteiger partial charge in [-0.15, -0.1) is 11.3 Å². The summed E-state index contributed by atoms with van der Waals surface area (Å²) in [6.45, 7) is 0.518. The highest BCUT2D eigenvalue weighted by Crippen LogP contribution is 2.27. The zero-order chi connectivity index (χ0) is 16.8. The van der Waals surface area contributed by atoms with Crippen LogP contribution >= 0.6 is 11.3 Å². The zero-order valence-electron chi connectivity index (χ0n) is 13.2. The van der Waals surface area contributed by atoms with Gasteiger partial charge in [0.05, 0.1) is 5.69 Å². The van der Waals surface area contributed by atoms with E-state index in [2.05, 4.69) is 46.7 Å².